The molecule has 0 aliphatic heterocycles. The van der Waals surface area contributed by atoms with Crippen LogP contribution in [-0.4, -0.2) is 77.8 Å². The van der Waals surface area contributed by atoms with Gasteiger partial charge in [-0.05, 0) is 25.3 Å². The van der Waals surface area contributed by atoms with E-state index in [1.54, 1.807) is 21.8 Å². The Bertz CT molecular complexity index is 1060. The molecule has 11 heteroatoms. The number of hydrogen-bond donors (Lipinski definition) is 3. The summed E-state index contributed by atoms with van der Waals surface area (Å²) in [5.41, 5.74) is 2.21. The summed E-state index contributed by atoms with van der Waals surface area (Å²) in [5, 5.41) is 28.5. The molecule has 0 unspecified atom stereocenters. The lowest BCUT2D eigenvalue weighted by Gasteiger charge is -2.38. The summed E-state index contributed by atoms with van der Waals surface area (Å²) < 4.78 is 3.52. The van der Waals surface area contributed by atoms with Crippen molar-refractivity contribution < 1.29 is 15.0 Å². The molecular formula is C20H28N8O3. The molecular weight excluding hydrogens is 400 g/mol. The molecule has 0 radical (unpaired) electrons. The zero-order valence-electron chi connectivity index (χ0n) is 17.9. The second kappa shape index (κ2) is 8.60. The number of carbonyl (C=O) groups excluding carboxylic acids is 1. The number of nitrogens with zero attached hydrogens (tertiary/aromatic N) is 7. The smallest absolute Gasteiger partial charge is 0.220 e. The zero-order chi connectivity index (χ0) is 22.1. The minimum Gasteiger partial charge on any atom is -0.388 e. The second-order valence-electron chi connectivity index (χ2n) is 8.16. The SMILES string of the molecule is CN(C)c1ncnc2c1ncn2[C@@H]1CC[C@@H](NC(=O)CCc2ccnn2C)[C@@H](O)[C@@H]1O. The highest BCUT2D eigenvalue weighted by Crippen LogP contribution is 2.32. The minimum atomic E-state index is -1.09. The van der Waals surface area contributed by atoms with E-state index in [-0.39, 0.29) is 5.91 Å². The standard InChI is InChI=1S/C20H28N8O3/c1-26(2)19-16-20(22-10-21-19)28(11-23-16)14-6-5-13(17(30)18(14)31)25-15(29)7-4-12-8-9-24-27(12)3/h8-11,13-14,17-18,30-31H,4-7H2,1-3H3,(H,25,29)/t13-,14-,17-,18-/m1/s1. The summed E-state index contributed by atoms with van der Waals surface area (Å²) in [6, 6.07) is 0.970. The van der Waals surface area contributed by atoms with Gasteiger partial charge in [-0.3, -0.25) is 9.48 Å². The molecule has 31 heavy (non-hydrogen) atoms. The third kappa shape index (κ3) is 4.10. The molecule has 1 fully saturated rings. The molecule has 4 atom stereocenters. The molecule has 3 heterocycles. The largest absolute Gasteiger partial charge is 0.388 e. The van der Waals surface area contributed by atoms with Crippen LogP contribution in [0.5, 0.6) is 0 Å². The van der Waals surface area contributed by atoms with Gasteiger partial charge in [0.05, 0.1) is 18.4 Å². The van der Waals surface area contributed by atoms with Crippen LogP contribution < -0.4 is 10.2 Å². The number of carbonyl (C=O) groups is 1. The fraction of sp³-hybridized carbons (Fsp3) is 0.550. The monoisotopic (exact) mass is 428 g/mol. The zero-order valence-corrected chi connectivity index (χ0v) is 17.9. The number of imidazole rings is 1. The van der Waals surface area contributed by atoms with E-state index < -0.39 is 24.3 Å². The summed E-state index contributed by atoms with van der Waals surface area (Å²) in [5.74, 6) is 0.528. The number of fused-ring (bicyclic) bond motifs is 1. The van der Waals surface area contributed by atoms with E-state index in [2.05, 4.69) is 25.4 Å². The first-order valence-corrected chi connectivity index (χ1v) is 10.3. The number of nitrogens with one attached hydrogen (secondary N) is 1. The van der Waals surface area contributed by atoms with E-state index in [0.717, 1.165) is 5.69 Å². The Morgan fingerprint density at radius 3 is 2.74 bits per heavy atom. The maximum absolute atomic E-state index is 12.4. The van der Waals surface area contributed by atoms with Crippen LogP contribution in [0.2, 0.25) is 0 Å². The van der Waals surface area contributed by atoms with E-state index in [1.165, 1.54) is 6.33 Å². The summed E-state index contributed by atoms with van der Waals surface area (Å²) >= 11 is 0. The van der Waals surface area contributed by atoms with Gasteiger partial charge in [0.25, 0.3) is 0 Å². The van der Waals surface area contributed by atoms with Crippen molar-refractivity contribution in [3.05, 3.63) is 30.6 Å². The predicted molar refractivity (Wildman–Crippen MR) is 113 cm³/mol. The third-order valence-electron chi connectivity index (χ3n) is 5.93. The van der Waals surface area contributed by atoms with E-state index >= 15 is 0 Å². The molecule has 0 saturated heterocycles. The van der Waals surface area contributed by atoms with Gasteiger partial charge in [0.2, 0.25) is 5.91 Å². The minimum absolute atomic E-state index is 0.160. The van der Waals surface area contributed by atoms with Crippen molar-refractivity contribution in [2.75, 3.05) is 19.0 Å². The Balaban J connectivity index is 1.42. The number of anilines is 1. The quantitative estimate of drug-likeness (QED) is 0.491. The van der Waals surface area contributed by atoms with Crippen LogP contribution in [0.4, 0.5) is 5.82 Å². The van der Waals surface area contributed by atoms with Crippen molar-refractivity contribution in [1.29, 1.82) is 0 Å². The number of aryl methyl sites for hydroxylation is 2. The van der Waals surface area contributed by atoms with Crippen LogP contribution in [0, 0.1) is 0 Å². The summed E-state index contributed by atoms with van der Waals surface area (Å²) in [6.07, 6.45) is 4.58. The van der Waals surface area contributed by atoms with Crippen molar-refractivity contribution in [2.24, 2.45) is 7.05 Å². The normalized spacial score (nSPS) is 23.8. The molecule has 0 spiro atoms. The topological polar surface area (TPSA) is 134 Å². The molecule has 1 aliphatic rings. The average Bonchev–Trinajstić information content (AvgIpc) is 3.36. The number of aromatic nitrogens is 6. The van der Waals surface area contributed by atoms with E-state index in [0.29, 0.717) is 42.7 Å². The molecule has 1 amide bonds. The van der Waals surface area contributed by atoms with Gasteiger partial charge in [-0.2, -0.15) is 5.10 Å². The van der Waals surface area contributed by atoms with Crippen molar-refractivity contribution in [3.63, 3.8) is 0 Å². The Hall–Kier alpha value is -3.05. The van der Waals surface area contributed by atoms with E-state index in [4.69, 9.17) is 0 Å². The first-order chi connectivity index (χ1) is 14.9. The van der Waals surface area contributed by atoms with Crippen molar-refractivity contribution in [2.45, 2.75) is 50.0 Å². The van der Waals surface area contributed by atoms with Gasteiger partial charge < -0.3 is 25.0 Å². The van der Waals surface area contributed by atoms with Crippen LogP contribution in [-0.2, 0) is 18.3 Å². The van der Waals surface area contributed by atoms with Crippen LogP contribution in [0.15, 0.2) is 24.9 Å². The van der Waals surface area contributed by atoms with Gasteiger partial charge in [-0.1, -0.05) is 0 Å². The van der Waals surface area contributed by atoms with Gasteiger partial charge in [0.15, 0.2) is 17.0 Å². The molecule has 11 nitrogen and oxygen atoms in total. The lowest BCUT2D eigenvalue weighted by atomic mass is 9.85. The maximum atomic E-state index is 12.4. The first kappa shape index (κ1) is 21.2. The van der Waals surface area contributed by atoms with Gasteiger partial charge in [0, 0.05) is 39.5 Å². The Labute approximate surface area is 179 Å². The van der Waals surface area contributed by atoms with Gasteiger partial charge in [0.1, 0.15) is 18.5 Å². The highest BCUT2D eigenvalue weighted by molar-refractivity contribution is 5.83. The fourth-order valence-corrected chi connectivity index (χ4v) is 4.20. The molecule has 0 aromatic carbocycles. The van der Waals surface area contributed by atoms with Crippen LogP contribution in [0.3, 0.4) is 0 Å². The Morgan fingerprint density at radius 2 is 2.03 bits per heavy atom. The summed E-state index contributed by atoms with van der Waals surface area (Å²) in [7, 11) is 5.59. The third-order valence-corrected chi connectivity index (χ3v) is 5.93. The van der Waals surface area contributed by atoms with Gasteiger partial charge >= 0.3 is 0 Å². The van der Waals surface area contributed by atoms with Crippen LogP contribution in [0.25, 0.3) is 11.2 Å². The first-order valence-electron chi connectivity index (χ1n) is 10.3. The molecule has 4 rings (SSSR count). The lowest BCUT2D eigenvalue weighted by Crippen LogP contribution is -2.54. The predicted octanol–water partition coefficient (Wildman–Crippen LogP) is -0.200. The Morgan fingerprint density at radius 1 is 1.23 bits per heavy atom. The number of aliphatic hydroxyl groups is 2. The van der Waals surface area contributed by atoms with E-state index in [9.17, 15) is 15.0 Å². The van der Waals surface area contributed by atoms with Gasteiger partial charge in [-0.25, -0.2) is 15.0 Å². The number of hydrogen-bond acceptors (Lipinski definition) is 8. The molecule has 3 aromatic heterocycles. The highest BCUT2D eigenvalue weighted by atomic mass is 16.3. The summed E-state index contributed by atoms with van der Waals surface area (Å²) in [4.78, 5) is 27.3. The number of rotatable bonds is 6. The van der Waals surface area contributed by atoms with Crippen molar-refractivity contribution in [3.8, 4) is 0 Å². The molecule has 3 N–H and O–H groups in total. The van der Waals surface area contributed by atoms with Gasteiger partial charge in [-0.15, -0.1) is 0 Å². The maximum Gasteiger partial charge on any atom is 0.220 e. The molecule has 1 saturated carbocycles. The Kier molecular flexibility index (Phi) is 5.88. The lowest BCUT2D eigenvalue weighted by molar-refractivity contribution is -0.125. The van der Waals surface area contributed by atoms with Crippen LogP contribution >= 0.6 is 0 Å². The van der Waals surface area contributed by atoms with Crippen molar-refractivity contribution >= 4 is 22.9 Å². The fourth-order valence-electron chi connectivity index (χ4n) is 4.20. The summed E-state index contributed by atoms with van der Waals surface area (Å²) in [6.45, 7) is 0. The molecule has 3 aromatic rings. The number of aliphatic hydroxyl groups excluding tert-OH is 2. The molecule has 166 valence electrons. The van der Waals surface area contributed by atoms with Crippen LogP contribution in [0.1, 0.15) is 31.0 Å². The number of amides is 1. The van der Waals surface area contributed by atoms with E-state index in [1.807, 2.05) is 32.1 Å². The van der Waals surface area contributed by atoms with Crippen molar-refractivity contribution in [1.82, 2.24) is 34.6 Å². The molecule has 1 aliphatic carbocycles. The molecule has 0 bridgehead atoms. The average molecular weight is 428 g/mol. The highest BCUT2D eigenvalue weighted by Gasteiger charge is 2.39. The second-order valence-corrected chi connectivity index (χ2v) is 8.16.